The smallest absolute Gasteiger partial charge is 0.275 e. The third-order valence-corrected chi connectivity index (χ3v) is 3.25. The van der Waals surface area contributed by atoms with Crippen molar-refractivity contribution in [2.75, 3.05) is 31.6 Å². The molecule has 0 saturated carbocycles. The number of anilines is 1. The van der Waals surface area contributed by atoms with E-state index in [-0.39, 0.29) is 23.7 Å². The van der Waals surface area contributed by atoms with Gasteiger partial charge in [-0.05, 0) is 12.1 Å². The van der Waals surface area contributed by atoms with E-state index in [0.717, 1.165) is 5.69 Å². The van der Waals surface area contributed by atoms with Crippen molar-refractivity contribution in [3.8, 4) is 0 Å². The Balaban J connectivity index is 2.26. The monoisotopic (exact) mass is 265 g/mol. The Hall–Kier alpha value is -2.15. The number of nitrogens with zero attached hydrogens (tertiary/aromatic N) is 3. The quantitative estimate of drug-likeness (QED) is 0.630. The number of likely N-dealkylation sites (N-methyl/N-ethyl adjacent to an activating group) is 1. The van der Waals surface area contributed by atoms with Crippen LogP contribution >= 0.6 is 0 Å². The number of rotatable bonds is 3. The molecule has 0 unspecified atom stereocenters. The number of nitro benzene ring substituents is 1. The molecule has 1 aliphatic rings. The number of hydrogen-bond acceptors (Lipinski definition) is 5. The van der Waals surface area contributed by atoms with Crippen molar-refractivity contribution in [2.45, 2.75) is 6.61 Å². The predicted molar refractivity (Wildman–Crippen MR) is 68.9 cm³/mol. The molecule has 1 heterocycles. The van der Waals surface area contributed by atoms with Crippen molar-refractivity contribution >= 4 is 17.3 Å². The minimum Gasteiger partial charge on any atom is -0.391 e. The van der Waals surface area contributed by atoms with E-state index in [9.17, 15) is 20.0 Å². The summed E-state index contributed by atoms with van der Waals surface area (Å²) in [4.78, 5) is 25.4. The molecule has 1 amide bonds. The summed E-state index contributed by atoms with van der Waals surface area (Å²) in [6.45, 7) is 1.14. The molecule has 1 aromatic carbocycles. The highest BCUT2D eigenvalue weighted by molar-refractivity contribution is 5.82. The maximum absolute atomic E-state index is 11.6. The van der Waals surface area contributed by atoms with Gasteiger partial charge in [0.15, 0.2) is 0 Å². The van der Waals surface area contributed by atoms with Gasteiger partial charge in [-0.15, -0.1) is 0 Å². The minimum absolute atomic E-state index is 0.00940. The molecular formula is C12H15N3O4. The van der Waals surface area contributed by atoms with Crippen LogP contribution < -0.4 is 4.90 Å². The summed E-state index contributed by atoms with van der Waals surface area (Å²) in [7, 11) is 1.74. The highest BCUT2D eigenvalue weighted by Gasteiger charge is 2.22. The van der Waals surface area contributed by atoms with Crippen molar-refractivity contribution in [1.29, 1.82) is 0 Å². The fourth-order valence-corrected chi connectivity index (χ4v) is 2.05. The van der Waals surface area contributed by atoms with Crippen molar-refractivity contribution in [2.24, 2.45) is 0 Å². The lowest BCUT2D eigenvalue weighted by atomic mass is 10.1. The average Bonchev–Trinajstić information content (AvgIpc) is 2.41. The van der Waals surface area contributed by atoms with Gasteiger partial charge >= 0.3 is 0 Å². The summed E-state index contributed by atoms with van der Waals surface area (Å²) in [6, 6.07) is 4.54. The Morgan fingerprint density at radius 2 is 2.16 bits per heavy atom. The van der Waals surface area contributed by atoms with Crippen LogP contribution in [-0.4, -0.2) is 47.5 Å². The zero-order valence-corrected chi connectivity index (χ0v) is 10.6. The second-order valence-corrected chi connectivity index (χ2v) is 4.47. The van der Waals surface area contributed by atoms with Gasteiger partial charge in [-0.3, -0.25) is 14.9 Å². The van der Waals surface area contributed by atoms with Crippen LogP contribution in [0.25, 0.3) is 0 Å². The number of benzene rings is 1. The van der Waals surface area contributed by atoms with E-state index >= 15 is 0 Å². The third-order valence-electron chi connectivity index (χ3n) is 3.25. The lowest BCUT2D eigenvalue weighted by molar-refractivity contribution is -0.385. The van der Waals surface area contributed by atoms with Gasteiger partial charge in [-0.1, -0.05) is 0 Å². The van der Waals surface area contributed by atoms with Crippen LogP contribution in [0, 0.1) is 10.1 Å². The molecule has 1 N–H and O–H groups in total. The predicted octanol–water partition coefficient (Wildman–Crippen LogP) is 0.365. The molecule has 7 heteroatoms. The number of amides is 1. The van der Waals surface area contributed by atoms with E-state index in [0.29, 0.717) is 13.1 Å². The maximum Gasteiger partial charge on any atom is 0.275 e. The summed E-state index contributed by atoms with van der Waals surface area (Å²) < 4.78 is 0. The average molecular weight is 265 g/mol. The molecule has 0 aromatic heterocycles. The van der Waals surface area contributed by atoms with E-state index in [1.165, 1.54) is 6.07 Å². The van der Waals surface area contributed by atoms with Gasteiger partial charge in [0.05, 0.1) is 23.6 Å². The molecule has 0 bridgehead atoms. The van der Waals surface area contributed by atoms with Crippen LogP contribution in [-0.2, 0) is 11.4 Å². The minimum atomic E-state index is -0.523. The maximum atomic E-state index is 11.6. The number of hydrogen-bond donors (Lipinski definition) is 1. The molecule has 1 aromatic rings. The molecule has 102 valence electrons. The summed E-state index contributed by atoms with van der Waals surface area (Å²) in [5.74, 6) is 0.00940. The van der Waals surface area contributed by atoms with Crippen molar-refractivity contribution in [1.82, 2.24) is 4.90 Å². The number of carbonyl (C=O) groups is 1. The Kier molecular flexibility index (Phi) is 3.66. The van der Waals surface area contributed by atoms with Gasteiger partial charge in [0.1, 0.15) is 0 Å². The van der Waals surface area contributed by atoms with Gasteiger partial charge in [-0.25, -0.2) is 0 Å². The largest absolute Gasteiger partial charge is 0.391 e. The Morgan fingerprint density at radius 1 is 1.42 bits per heavy atom. The lowest BCUT2D eigenvalue weighted by Gasteiger charge is -2.33. The Labute approximate surface area is 110 Å². The first-order valence-corrected chi connectivity index (χ1v) is 5.90. The van der Waals surface area contributed by atoms with Crippen molar-refractivity contribution in [3.05, 3.63) is 33.9 Å². The first kappa shape index (κ1) is 13.3. The third kappa shape index (κ3) is 2.65. The van der Waals surface area contributed by atoms with Crippen molar-refractivity contribution in [3.63, 3.8) is 0 Å². The van der Waals surface area contributed by atoms with E-state index in [1.54, 1.807) is 24.1 Å². The van der Waals surface area contributed by atoms with Crippen LogP contribution in [0.3, 0.4) is 0 Å². The lowest BCUT2D eigenvalue weighted by Crippen LogP contribution is -2.48. The molecule has 1 saturated heterocycles. The van der Waals surface area contributed by atoms with Crippen LogP contribution in [0.15, 0.2) is 18.2 Å². The summed E-state index contributed by atoms with van der Waals surface area (Å²) in [5.41, 5.74) is 0.872. The zero-order chi connectivity index (χ0) is 14.0. The normalized spacial score (nSPS) is 15.8. The van der Waals surface area contributed by atoms with Gasteiger partial charge in [0, 0.05) is 31.9 Å². The molecule has 7 nitrogen and oxygen atoms in total. The summed E-state index contributed by atoms with van der Waals surface area (Å²) >= 11 is 0. The van der Waals surface area contributed by atoms with Crippen LogP contribution in [0.5, 0.6) is 0 Å². The van der Waals surface area contributed by atoms with Gasteiger partial charge in [0.2, 0.25) is 5.91 Å². The molecule has 0 spiro atoms. The number of aliphatic hydroxyl groups is 1. The number of nitro groups is 1. The van der Waals surface area contributed by atoms with Crippen LogP contribution in [0.1, 0.15) is 5.56 Å². The number of piperazine rings is 1. The molecule has 1 aliphatic heterocycles. The molecule has 2 rings (SSSR count). The topological polar surface area (TPSA) is 86.9 Å². The van der Waals surface area contributed by atoms with E-state index in [4.69, 9.17) is 0 Å². The van der Waals surface area contributed by atoms with Gasteiger partial charge < -0.3 is 14.9 Å². The Morgan fingerprint density at radius 3 is 2.74 bits per heavy atom. The van der Waals surface area contributed by atoms with Crippen LogP contribution in [0.4, 0.5) is 11.4 Å². The Bertz CT molecular complexity index is 518. The number of aliphatic hydroxyl groups excluding tert-OH is 1. The van der Waals surface area contributed by atoms with E-state index in [2.05, 4.69) is 0 Å². The SMILES string of the molecule is CN1CCN(c2ccc([N+](=O)[O-])c(CO)c2)CC1=O. The highest BCUT2D eigenvalue weighted by atomic mass is 16.6. The summed E-state index contributed by atoms with van der Waals surface area (Å²) in [6.07, 6.45) is 0. The fourth-order valence-electron chi connectivity index (χ4n) is 2.05. The fraction of sp³-hybridized carbons (Fsp3) is 0.417. The molecule has 0 radical (unpaired) electrons. The zero-order valence-electron chi connectivity index (χ0n) is 10.6. The van der Waals surface area contributed by atoms with Crippen molar-refractivity contribution < 1.29 is 14.8 Å². The standard InChI is InChI=1S/C12H15N3O4/c1-13-4-5-14(7-12(13)17)10-2-3-11(15(18)19)9(6-10)8-16/h2-3,6,16H,4-5,7-8H2,1H3. The van der Waals surface area contributed by atoms with E-state index < -0.39 is 11.5 Å². The van der Waals surface area contributed by atoms with E-state index in [1.807, 2.05) is 4.90 Å². The summed E-state index contributed by atoms with van der Waals surface area (Å²) in [5, 5.41) is 20.0. The second-order valence-electron chi connectivity index (χ2n) is 4.47. The molecule has 1 fully saturated rings. The molecular weight excluding hydrogens is 250 g/mol. The second kappa shape index (κ2) is 5.23. The van der Waals surface area contributed by atoms with Gasteiger partial charge in [0.25, 0.3) is 5.69 Å². The number of carbonyl (C=O) groups excluding carboxylic acids is 1. The first-order chi connectivity index (χ1) is 9.02. The first-order valence-electron chi connectivity index (χ1n) is 5.90. The van der Waals surface area contributed by atoms with Gasteiger partial charge in [-0.2, -0.15) is 0 Å². The molecule has 0 aliphatic carbocycles. The highest BCUT2D eigenvalue weighted by Crippen LogP contribution is 2.25. The molecule has 19 heavy (non-hydrogen) atoms. The van der Waals surface area contributed by atoms with Crippen LogP contribution in [0.2, 0.25) is 0 Å². The molecule has 0 atom stereocenters.